The first-order chi connectivity index (χ1) is 6.74. The smallest absolute Gasteiger partial charge is 0.129 e. The second-order valence-corrected chi connectivity index (χ2v) is 4.27. The molecule has 1 aliphatic rings. The Morgan fingerprint density at radius 1 is 1.50 bits per heavy atom. The van der Waals surface area contributed by atoms with Crippen molar-refractivity contribution < 1.29 is 4.39 Å². The number of hydrogen-bond donors (Lipinski definition) is 0. The number of anilines is 1. The molecule has 2 rings (SSSR count). The lowest BCUT2D eigenvalue weighted by atomic mass is 10.1. The molecule has 0 heterocycles. The minimum Gasteiger partial charge on any atom is -0.371 e. The molecular weight excluding hydrogens is 245 g/mol. The van der Waals surface area contributed by atoms with Gasteiger partial charge in [-0.05, 0) is 25.0 Å². The van der Waals surface area contributed by atoms with Crippen molar-refractivity contribution in [3.05, 3.63) is 29.6 Å². The van der Waals surface area contributed by atoms with Crippen LogP contribution in [0.15, 0.2) is 18.2 Å². The lowest BCUT2D eigenvalue weighted by Gasteiger charge is -2.21. The molecule has 0 amide bonds. The van der Waals surface area contributed by atoms with Crippen molar-refractivity contribution in [2.24, 2.45) is 0 Å². The molecule has 1 fully saturated rings. The van der Waals surface area contributed by atoms with Gasteiger partial charge in [0.05, 0.1) is 0 Å². The Labute approximate surface area is 92.0 Å². The third-order valence-electron chi connectivity index (χ3n) is 2.70. The largest absolute Gasteiger partial charge is 0.371 e. The molecule has 3 heteroatoms. The molecule has 0 N–H and O–H groups in total. The van der Waals surface area contributed by atoms with Crippen LogP contribution in [0.25, 0.3) is 0 Å². The normalized spacial score (nSPS) is 15.6. The van der Waals surface area contributed by atoms with Crippen LogP contribution >= 0.6 is 15.9 Å². The highest BCUT2D eigenvalue weighted by molar-refractivity contribution is 9.08. The van der Waals surface area contributed by atoms with Crippen LogP contribution in [0.2, 0.25) is 0 Å². The van der Waals surface area contributed by atoms with Crippen LogP contribution in [-0.2, 0) is 5.33 Å². The van der Waals surface area contributed by atoms with Crippen molar-refractivity contribution in [2.45, 2.75) is 24.2 Å². The van der Waals surface area contributed by atoms with E-state index >= 15 is 0 Å². The predicted molar refractivity (Wildman–Crippen MR) is 60.5 cm³/mol. The van der Waals surface area contributed by atoms with Gasteiger partial charge < -0.3 is 4.90 Å². The van der Waals surface area contributed by atoms with Crippen molar-refractivity contribution in [1.29, 1.82) is 0 Å². The van der Waals surface area contributed by atoms with Crippen molar-refractivity contribution >= 4 is 21.6 Å². The Balaban J connectivity index is 2.35. The Hall–Kier alpha value is -0.570. The number of halogens is 2. The molecule has 1 aromatic carbocycles. The summed E-state index contributed by atoms with van der Waals surface area (Å²) in [6, 6.07) is 5.89. The summed E-state index contributed by atoms with van der Waals surface area (Å²) in [6.07, 6.45) is 2.46. The van der Waals surface area contributed by atoms with E-state index in [1.165, 1.54) is 18.9 Å². The van der Waals surface area contributed by atoms with E-state index in [1.54, 1.807) is 6.07 Å². The van der Waals surface area contributed by atoms with Crippen molar-refractivity contribution in [2.75, 3.05) is 11.9 Å². The SMILES string of the molecule is CN(c1cccc(F)c1CBr)C1CC1. The quantitative estimate of drug-likeness (QED) is 0.752. The Morgan fingerprint density at radius 2 is 2.21 bits per heavy atom. The summed E-state index contributed by atoms with van der Waals surface area (Å²) >= 11 is 3.33. The van der Waals surface area contributed by atoms with Crippen molar-refractivity contribution in [1.82, 2.24) is 0 Å². The summed E-state index contributed by atoms with van der Waals surface area (Å²) < 4.78 is 13.4. The first kappa shape index (κ1) is 9.97. The fourth-order valence-corrected chi connectivity index (χ4v) is 2.22. The van der Waals surface area contributed by atoms with Gasteiger partial charge in [-0.25, -0.2) is 4.39 Å². The van der Waals surface area contributed by atoms with Gasteiger partial charge in [-0.1, -0.05) is 22.0 Å². The number of rotatable bonds is 3. The maximum absolute atomic E-state index is 13.4. The molecule has 76 valence electrons. The number of alkyl halides is 1. The van der Waals surface area contributed by atoms with Gasteiger partial charge in [-0.2, -0.15) is 0 Å². The molecule has 0 spiro atoms. The Kier molecular flexibility index (Phi) is 2.77. The fourth-order valence-electron chi connectivity index (χ4n) is 1.67. The molecule has 0 radical (unpaired) electrons. The molecule has 0 unspecified atom stereocenters. The average Bonchev–Trinajstić information content (AvgIpc) is 2.99. The van der Waals surface area contributed by atoms with E-state index in [0.717, 1.165) is 11.3 Å². The lowest BCUT2D eigenvalue weighted by molar-refractivity contribution is 0.616. The molecule has 0 aliphatic heterocycles. The van der Waals surface area contributed by atoms with E-state index in [1.807, 2.05) is 13.1 Å². The fraction of sp³-hybridized carbons (Fsp3) is 0.455. The molecular formula is C11H13BrFN. The van der Waals surface area contributed by atoms with Crippen LogP contribution < -0.4 is 4.90 Å². The van der Waals surface area contributed by atoms with E-state index in [9.17, 15) is 4.39 Å². The second kappa shape index (κ2) is 3.89. The summed E-state index contributed by atoms with van der Waals surface area (Å²) in [6.45, 7) is 0. The average molecular weight is 258 g/mol. The van der Waals surface area contributed by atoms with E-state index in [4.69, 9.17) is 0 Å². The predicted octanol–water partition coefficient (Wildman–Crippen LogP) is 3.32. The van der Waals surface area contributed by atoms with Gasteiger partial charge in [0.2, 0.25) is 0 Å². The van der Waals surface area contributed by atoms with Crippen LogP contribution in [0.5, 0.6) is 0 Å². The Morgan fingerprint density at radius 3 is 2.79 bits per heavy atom. The van der Waals surface area contributed by atoms with E-state index in [2.05, 4.69) is 20.8 Å². The summed E-state index contributed by atoms with van der Waals surface area (Å²) in [5, 5.41) is 0.575. The van der Waals surface area contributed by atoms with Crippen LogP contribution in [0, 0.1) is 5.82 Å². The Bertz CT molecular complexity index is 336. The van der Waals surface area contributed by atoms with Crippen molar-refractivity contribution in [3.63, 3.8) is 0 Å². The highest BCUT2D eigenvalue weighted by Gasteiger charge is 2.27. The second-order valence-electron chi connectivity index (χ2n) is 3.71. The molecule has 14 heavy (non-hydrogen) atoms. The maximum atomic E-state index is 13.4. The summed E-state index contributed by atoms with van der Waals surface area (Å²) in [4.78, 5) is 2.18. The summed E-state index contributed by atoms with van der Waals surface area (Å²) in [5.74, 6) is -0.119. The molecule has 0 saturated heterocycles. The monoisotopic (exact) mass is 257 g/mol. The number of hydrogen-bond acceptors (Lipinski definition) is 1. The zero-order chi connectivity index (χ0) is 10.1. The molecule has 1 aliphatic carbocycles. The van der Waals surface area contributed by atoms with Gasteiger partial charge in [-0.3, -0.25) is 0 Å². The van der Waals surface area contributed by atoms with Gasteiger partial charge in [0.25, 0.3) is 0 Å². The maximum Gasteiger partial charge on any atom is 0.129 e. The standard InChI is InChI=1S/C11H13BrFN/c1-14(8-5-6-8)11-4-2-3-10(13)9(11)7-12/h2-4,8H,5-7H2,1H3. The molecule has 0 bridgehead atoms. The van der Waals surface area contributed by atoms with Crippen LogP contribution in [0.1, 0.15) is 18.4 Å². The highest BCUT2D eigenvalue weighted by atomic mass is 79.9. The molecule has 0 atom stereocenters. The minimum absolute atomic E-state index is 0.119. The lowest BCUT2D eigenvalue weighted by Crippen LogP contribution is -2.21. The van der Waals surface area contributed by atoms with Gasteiger partial charge in [0.1, 0.15) is 5.82 Å². The first-order valence-electron chi connectivity index (χ1n) is 4.80. The van der Waals surface area contributed by atoms with Crippen LogP contribution in [0.4, 0.5) is 10.1 Å². The molecule has 1 saturated carbocycles. The third-order valence-corrected chi connectivity index (χ3v) is 3.26. The van der Waals surface area contributed by atoms with Gasteiger partial charge in [-0.15, -0.1) is 0 Å². The van der Waals surface area contributed by atoms with E-state index in [0.29, 0.717) is 11.4 Å². The first-order valence-corrected chi connectivity index (χ1v) is 5.92. The molecule has 0 aromatic heterocycles. The molecule has 1 nitrogen and oxygen atoms in total. The van der Waals surface area contributed by atoms with Crippen molar-refractivity contribution in [3.8, 4) is 0 Å². The van der Waals surface area contributed by atoms with E-state index in [-0.39, 0.29) is 5.82 Å². The van der Waals surface area contributed by atoms with E-state index < -0.39 is 0 Å². The number of benzene rings is 1. The zero-order valence-electron chi connectivity index (χ0n) is 8.13. The summed E-state index contributed by atoms with van der Waals surface area (Å²) in [7, 11) is 2.04. The minimum atomic E-state index is -0.119. The molecule has 1 aromatic rings. The van der Waals surface area contributed by atoms with Gasteiger partial charge >= 0.3 is 0 Å². The summed E-state index contributed by atoms with van der Waals surface area (Å²) in [5.41, 5.74) is 1.78. The number of nitrogens with zero attached hydrogens (tertiary/aromatic N) is 1. The zero-order valence-corrected chi connectivity index (χ0v) is 9.72. The van der Waals surface area contributed by atoms with Crippen LogP contribution in [-0.4, -0.2) is 13.1 Å². The highest BCUT2D eigenvalue weighted by Crippen LogP contribution is 2.33. The van der Waals surface area contributed by atoms with Gasteiger partial charge in [0, 0.05) is 29.7 Å². The van der Waals surface area contributed by atoms with Crippen LogP contribution in [0.3, 0.4) is 0 Å². The third kappa shape index (κ3) is 1.78. The topological polar surface area (TPSA) is 3.24 Å². The van der Waals surface area contributed by atoms with Gasteiger partial charge in [0.15, 0.2) is 0 Å².